The Morgan fingerprint density at radius 3 is 2.82 bits per heavy atom. The van der Waals surface area contributed by atoms with Crippen LogP contribution in [0.15, 0.2) is 18.3 Å². The van der Waals surface area contributed by atoms with Crippen molar-refractivity contribution < 1.29 is 4.79 Å². The number of rotatable bonds is 5. The van der Waals surface area contributed by atoms with Crippen LogP contribution in [-0.2, 0) is 0 Å². The summed E-state index contributed by atoms with van der Waals surface area (Å²) in [6.07, 6.45) is 5.18. The second kappa shape index (κ2) is 5.14. The van der Waals surface area contributed by atoms with Gasteiger partial charge in [0.05, 0.1) is 5.56 Å². The summed E-state index contributed by atoms with van der Waals surface area (Å²) in [6.45, 7) is 1.26. The molecular formula is C12H18N4O. The molecule has 1 amide bonds. The van der Waals surface area contributed by atoms with E-state index >= 15 is 0 Å². The molecule has 0 spiro atoms. The molecule has 1 saturated carbocycles. The van der Waals surface area contributed by atoms with E-state index in [0.29, 0.717) is 30.5 Å². The third kappa shape index (κ3) is 2.39. The van der Waals surface area contributed by atoms with Crippen LogP contribution in [0.1, 0.15) is 29.6 Å². The average molecular weight is 234 g/mol. The molecule has 1 fully saturated rings. The second-order valence-electron chi connectivity index (χ2n) is 4.31. The fourth-order valence-corrected chi connectivity index (χ4v) is 2.12. The Kier molecular flexibility index (Phi) is 3.58. The van der Waals surface area contributed by atoms with Gasteiger partial charge in [0, 0.05) is 25.3 Å². The highest BCUT2D eigenvalue weighted by atomic mass is 16.1. The lowest BCUT2D eigenvalue weighted by atomic mass is 9.91. The van der Waals surface area contributed by atoms with Gasteiger partial charge < -0.3 is 16.4 Å². The van der Waals surface area contributed by atoms with E-state index in [1.165, 1.54) is 6.42 Å². The van der Waals surface area contributed by atoms with Gasteiger partial charge >= 0.3 is 0 Å². The van der Waals surface area contributed by atoms with Crippen molar-refractivity contribution in [1.82, 2.24) is 4.98 Å². The fourth-order valence-electron chi connectivity index (χ4n) is 2.12. The van der Waals surface area contributed by atoms with Crippen LogP contribution in [0.4, 0.5) is 5.82 Å². The quantitative estimate of drug-likeness (QED) is 0.776. The number of pyridine rings is 1. The molecule has 1 aliphatic rings. The van der Waals surface area contributed by atoms with Gasteiger partial charge in [-0.1, -0.05) is 0 Å². The lowest BCUT2D eigenvalue weighted by Gasteiger charge is -2.38. The van der Waals surface area contributed by atoms with Gasteiger partial charge in [-0.2, -0.15) is 0 Å². The predicted octanol–water partition coefficient (Wildman–Crippen LogP) is 0.498. The first kappa shape index (κ1) is 11.9. The van der Waals surface area contributed by atoms with Gasteiger partial charge in [-0.05, 0) is 31.4 Å². The normalized spacial score (nSPS) is 15.4. The van der Waals surface area contributed by atoms with Gasteiger partial charge in [0.15, 0.2) is 0 Å². The van der Waals surface area contributed by atoms with Crippen LogP contribution in [0.2, 0.25) is 0 Å². The molecule has 1 aliphatic carbocycles. The second-order valence-corrected chi connectivity index (χ2v) is 4.31. The number of anilines is 1. The van der Waals surface area contributed by atoms with Crippen LogP contribution >= 0.6 is 0 Å². The van der Waals surface area contributed by atoms with Crippen LogP contribution in [-0.4, -0.2) is 30.0 Å². The van der Waals surface area contributed by atoms with Crippen LogP contribution < -0.4 is 16.4 Å². The van der Waals surface area contributed by atoms with Crippen molar-refractivity contribution in [2.24, 2.45) is 11.5 Å². The summed E-state index contributed by atoms with van der Waals surface area (Å²) in [7, 11) is 0. The lowest BCUT2D eigenvalue weighted by molar-refractivity contribution is 0.1000. The number of hydrogen-bond acceptors (Lipinski definition) is 4. The van der Waals surface area contributed by atoms with Crippen molar-refractivity contribution in [3.8, 4) is 0 Å². The lowest BCUT2D eigenvalue weighted by Crippen LogP contribution is -2.44. The molecule has 0 aliphatic heterocycles. The number of aromatic nitrogens is 1. The number of nitrogens with two attached hydrogens (primary N) is 2. The molecule has 0 unspecified atom stereocenters. The molecule has 0 radical (unpaired) electrons. The van der Waals surface area contributed by atoms with Crippen molar-refractivity contribution >= 4 is 11.7 Å². The standard InChI is InChI=1S/C12H18N4O/c13-6-8-16(9-3-1-4-9)12-10(11(14)17)5-2-7-15-12/h2,5,7,9H,1,3-4,6,8,13H2,(H2,14,17). The maximum atomic E-state index is 11.4. The molecule has 92 valence electrons. The molecule has 1 heterocycles. The molecule has 1 aromatic rings. The van der Waals surface area contributed by atoms with Crippen molar-refractivity contribution in [1.29, 1.82) is 0 Å². The fraction of sp³-hybridized carbons (Fsp3) is 0.500. The Morgan fingerprint density at radius 1 is 1.53 bits per heavy atom. The Labute approximate surface area is 101 Å². The summed E-state index contributed by atoms with van der Waals surface area (Å²) in [4.78, 5) is 17.8. The van der Waals surface area contributed by atoms with Gasteiger partial charge in [0.25, 0.3) is 5.91 Å². The summed E-state index contributed by atoms with van der Waals surface area (Å²) >= 11 is 0. The minimum atomic E-state index is -0.436. The minimum absolute atomic E-state index is 0.436. The number of primary amides is 1. The SMILES string of the molecule is NCCN(c1ncccc1C(N)=O)C1CCC1. The summed E-state index contributed by atoms with van der Waals surface area (Å²) in [5.74, 6) is 0.240. The molecule has 5 nitrogen and oxygen atoms in total. The highest BCUT2D eigenvalue weighted by Gasteiger charge is 2.27. The zero-order chi connectivity index (χ0) is 12.3. The molecule has 2 rings (SSSR count). The van der Waals surface area contributed by atoms with Gasteiger partial charge in [-0.3, -0.25) is 4.79 Å². The summed E-state index contributed by atoms with van der Waals surface area (Å²) in [6, 6.07) is 3.89. The molecule has 0 saturated heterocycles. The molecule has 5 heteroatoms. The largest absolute Gasteiger partial charge is 0.365 e. The Balaban J connectivity index is 2.30. The number of carbonyl (C=O) groups is 1. The van der Waals surface area contributed by atoms with Crippen LogP contribution in [0, 0.1) is 0 Å². The van der Waals surface area contributed by atoms with E-state index < -0.39 is 5.91 Å². The minimum Gasteiger partial charge on any atom is -0.365 e. The molecule has 0 bridgehead atoms. The van der Waals surface area contributed by atoms with Crippen molar-refractivity contribution in [2.75, 3.05) is 18.0 Å². The summed E-state index contributed by atoms with van der Waals surface area (Å²) in [5, 5.41) is 0. The molecule has 1 aromatic heterocycles. The predicted molar refractivity (Wildman–Crippen MR) is 66.8 cm³/mol. The molecule has 4 N–H and O–H groups in total. The molecule has 17 heavy (non-hydrogen) atoms. The first-order valence-corrected chi connectivity index (χ1v) is 5.95. The number of hydrogen-bond donors (Lipinski definition) is 2. The van der Waals surface area contributed by atoms with Gasteiger partial charge in [0.2, 0.25) is 0 Å². The Bertz CT molecular complexity index is 403. The van der Waals surface area contributed by atoms with Crippen molar-refractivity contribution in [3.63, 3.8) is 0 Å². The van der Waals surface area contributed by atoms with Gasteiger partial charge in [0.1, 0.15) is 5.82 Å². The number of carbonyl (C=O) groups excluding carboxylic acids is 1. The van der Waals surface area contributed by atoms with Crippen LogP contribution in [0.5, 0.6) is 0 Å². The Morgan fingerprint density at radius 2 is 2.29 bits per heavy atom. The van der Waals surface area contributed by atoms with Crippen molar-refractivity contribution in [2.45, 2.75) is 25.3 Å². The first-order valence-electron chi connectivity index (χ1n) is 5.95. The van der Waals surface area contributed by atoms with Gasteiger partial charge in [-0.25, -0.2) is 4.98 Å². The van der Waals surface area contributed by atoms with E-state index in [1.54, 1.807) is 18.3 Å². The summed E-state index contributed by atoms with van der Waals surface area (Å²) < 4.78 is 0. The zero-order valence-corrected chi connectivity index (χ0v) is 9.80. The zero-order valence-electron chi connectivity index (χ0n) is 9.80. The van der Waals surface area contributed by atoms with E-state index in [1.807, 2.05) is 0 Å². The van der Waals surface area contributed by atoms with E-state index in [0.717, 1.165) is 12.8 Å². The number of nitrogens with zero attached hydrogens (tertiary/aromatic N) is 2. The van der Waals surface area contributed by atoms with E-state index in [9.17, 15) is 4.79 Å². The maximum absolute atomic E-state index is 11.4. The van der Waals surface area contributed by atoms with Gasteiger partial charge in [-0.15, -0.1) is 0 Å². The van der Waals surface area contributed by atoms with Crippen LogP contribution in [0.25, 0.3) is 0 Å². The smallest absolute Gasteiger partial charge is 0.252 e. The first-order chi connectivity index (χ1) is 8.24. The monoisotopic (exact) mass is 234 g/mol. The average Bonchev–Trinajstić information content (AvgIpc) is 2.26. The Hall–Kier alpha value is -1.62. The summed E-state index contributed by atoms with van der Waals surface area (Å²) in [5.41, 5.74) is 11.5. The van der Waals surface area contributed by atoms with E-state index in [-0.39, 0.29) is 0 Å². The molecular weight excluding hydrogens is 216 g/mol. The molecule has 0 atom stereocenters. The third-order valence-corrected chi connectivity index (χ3v) is 3.21. The topological polar surface area (TPSA) is 85.2 Å². The third-order valence-electron chi connectivity index (χ3n) is 3.21. The van der Waals surface area contributed by atoms with E-state index in [2.05, 4.69) is 9.88 Å². The maximum Gasteiger partial charge on any atom is 0.252 e. The van der Waals surface area contributed by atoms with Crippen LogP contribution in [0.3, 0.4) is 0 Å². The molecule has 0 aromatic carbocycles. The number of amides is 1. The highest BCUT2D eigenvalue weighted by molar-refractivity contribution is 5.97. The van der Waals surface area contributed by atoms with E-state index in [4.69, 9.17) is 11.5 Å². The van der Waals surface area contributed by atoms with Crippen molar-refractivity contribution in [3.05, 3.63) is 23.9 Å². The highest BCUT2D eigenvalue weighted by Crippen LogP contribution is 2.29.